The lowest BCUT2D eigenvalue weighted by Crippen LogP contribution is -2.36. The summed E-state index contributed by atoms with van der Waals surface area (Å²) in [5.41, 5.74) is 0.432. The van der Waals surface area contributed by atoms with Crippen LogP contribution < -0.4 is 5.32 Å². The lowest BCUT2D eigenvalue weighted by molar-refractivity contribution is -0.146. The second-order valence-corrected chi connectivity index (χ2v) is 5.71. The van der Waals surface area contributed by atoms with Crippen molar-refractivity contribution < 1.29 is 24.6 Å². The Balaban J connectivity index is 1.80. The molecule has 4 atom stereocenters. The van der Waals surface area contributed by atoms with E-state index >= 15 is 0 Å². The number of aromatic carboxylic acids is 1. The molecule has 3 N–H and O–H groups in total. The molecular formula is C16H15NO5. The van der Waals surface area contributed by atoms with Crippen LogP contribution in [0.15, 0.2) is 36.4 Å². The Kier molecular flexibility index (Phi) is 3.44. The number of benzene rings is 1. The minimum absolute atomic E-state index is 0.0613. The molecule has 22 heavy (non-hydrogen) atoms. The van der Waals surface area contributed by atoms with E-state index in [9.17, 15) is 19.5 Å². The minimum Gasteiger partial charge on any atom is -0.481 e. The average Bonchev–Trinajstić information content (AvgIpc) is 3.07. The molecule has 1 fully saturated rings. The molecule has 0 radical (unpaired) electrons. The minimum atomic E-state index is -1.08. The van der Waals surface area contributed by atoms with Crippen molar-refractivity contribution in [2.24, 2.45) is 23.7 Å². The first-order chi connectivity index (χ1) is 10.5. The molecule has 6 nitrogen and oxygen atoms in total. The van der Waals surface area contributed by atoms with Crippen molar-refractivity contribution in [2.75, 3.05) is 5.32 Å². The number of carboxylic acid groups (broad SMARTS) is 2. The number of amides is 1. The Morgan fingerprint density at radius 1 is 1.05 bits per heavy atom. The molecule has 0 unspecified atom stereocenters. The summed E-state index contributed by atoms with van der Waals surface area (Å²) in [6.45, 7) is 0. The number of fused-ring (bicyclic) bond motifs is 2. The van der Waals surface area contributed by atoms with Crippen LogP contribution in [0.4, 0.5) is 5.69 Å². The molecule has 6 heteroatoms. The van der Waals surface area contributed by atoms with Gasteiger partial charge in [0.1, 0.15) is 0 Å². The summed E-state index contributed by atoms with van der Waals surface area (Å²) in [7, 11) is 0. The first kappa shape index (κ1) is 14.3. The van der Waals surface area contributed by atoms with E-state index in [1.165, 1.54) is 18.2 Å². The normalized spacial score (nSPS) is 28.5. The average molecular weight is 301 g/mol. The maximum absolute atomic E-state index is 12.4. The van der Waals surface area contributed by atoms with Crippen LogP contribution in [-0.4, -0.2) is 28.1 Å². The van der Waals surface area contributed by atoms with Gasteiger partial charge in [-0.2, -0.15) is 0 Å². The number of allylic oxidation sites excluding steroid dienone is 2. The van der Waals surface area contributed by atoms with E-state index in [2.05, 4.69) is 5.32 Å². The number of carbonyl (C=O) groups excluding carboxylic acids is 1. The predicted molar refractivity (Wildman–Crippen MR) is 77.4 cm³/mol. The van der Waals surface area contributed by atoms with Gasteiger partial charge in [0, 0.05) is 5.69 Å². The second kappa shape index (κ2) is 5.29. The zero-order valence-electron chi connectivity index (χ0n) is 11.6. The molecular weight excluding hydrogens is 286 g/mol. The standard InChI is InChI=1S/C16H15NO5/c18-14(17-11-3-1-2-10(7-11)15(19)20)12-8-4-5-9(6-8)13(12)16(21)22/h1-5,7-9,12-13H,6H2,(H,17,18)(H,19,20)(H,21,22)/t8-,9-,12-,13-/m1/s1. The van der Waals surface area contributed by atoms with Gasteiger partial charge in [0.25, 0.3) is 0 Å². The molecule has 0 heterocycles. The fraction of sp³-hybridized carbons (Fsp3) is 0.312. The molecule has 2 bridgehead atoms. The van der Waals surface area contributed by atoms with Gasteiger partial charge in [-0.1, -0.05) is 18.2 Å². The van der Waals surface area contributed by atoms with Gasteiger partial charge >= 0.3 is 11.9 Å². The third-order valence-corrected chi connectivity index (χ3v) is 4.42. The highest BCUT2D eigenvalue weighted by Crippen LogP contribution is 2.48. The Hall–Kier alpha value is -2.63. The molecule has 0 aliphatic heterocycles. The van der Waals surface area contributed by atoms with E-state index in [0.717, 1.165) is 0 Å². The zero-order valence-corrected chi connectivity index (χ0v) is 11.6. The van der Waals surface area contributed by atoms with Crippen LogP contribution in [0.1, 0.15) is 16.8 Å². The van der Waals surface area contributed by atoms with Crippen LogP contribution in [0.25, 0.3) is 0 Å². The van der Waals surface area contributed by atoms with Crippen LogP contribution in [0, 0.1) is 23.7 Å². The number of hydrogen-bond donors (Lipinski definition) is 3. The summed E-state index contributed by atoms with van der Waals surface area (Å²) >= 11 is 0. The maximum Gasteiger partial charge on any atom is 0.335 e. The fourth-order valence-electron chi connectivity index (χ4n) is 3.47. The number of hydrogen-bond acceptors (Lipinski definition) is 3. The van der Waals surface area contributed by atoms with Crippen LogP contribution >= 0.6 is 0 Å². The molecule has 1 aromatic rings. The molecule has 1 saturated carbocycles. The van der Waals surface area contributed by atoms with Gasteiger partial charge in [-0.3, -0.25) is 9.59 Å². The highest BCUT2D eigenvalue weighted by molar-refractivity contribution is 5.97. The summed E-state index contributed by atoms with van der Waals surface area (Å²) in [5, 5.41) is 21.0. The zero-order chi connectivity index (χ0) is 15.9. The van der Waals surface area contributed by atoms with E-state index < -0.39 is 23.8 Å². The van der Waals surface area contributed by atoms with Gasteiger partial charge in [-0.25, -0.2) is 4.79 Å². The monoisotopic (exact) mass is 301 g/mol. The third-order valence-electron chi connectivity index (χ3n) is 4.42. The molecule has 114 valence electrons. The van der Waals surface area contributed by atoms with Gasteiger partial charge in [-0.05, 0) is 36.5 Å². The number of carboxylic acids is 2. The van der Waals surface area contributed by atoms with Crippen LogP contribution in [0.5, 0.6) is 0 Å². The van der Waals surface area contributed by atoms with E-state index in [4.69, 9.17) is 5.11 Å². The molecule has 0 aromatic heterocycles. The van der Waals surface area contributed by atoms with E-state index in [-0.39, 0.29) is 23.3 Å². The fourth-order valence-corrected chi connectivity index (χ4v) is 3.47. The van der Waals surface area contributed by atoms with E-state index in [0.29, 0.717) is 12.1 Å². The first-order valence-electron chi connectivity index (χ1n) is 7.02. The first-order valence-corrected chi connectivity index (χ1v) is 7.02. The molecule has 0 spiro atoms. The third kappa shape index (κ3) is 2.36. The molecule has 2 aliphatic carbocycles. The van der Waals surface area contributed by atoms with Crippen molar-refractivity contribution in [3.8, 4) is 0 Å². The van der Waals surface area contributed by atoms with Crippen molar-refractivity contribution in [3.05, 3.63) is 42.0 Å². The summed E-state index contributed by atoms with van der Waals surface area (Å²) in [6, 6.07) is 5.91. The quantitative estimate of drug-likeness (QED) is 0.736. The summed E-state index contributed by atoms with van der Waals surface area (Å²) in [6.07, 6.45) is 4.46. The number of rotatable bonds is 4. The van der Waals surface area contributed by atoms with Crippen molar-refractivity contribution in [1.82, 2.24) is 0 Å². The Morgan fingerprint density at radius 2 is 1.73 bits per heavy atom. The van der Waals surface area contributed by atoms with Gasteiger partial charge < -0.3 is 15.5 Å². The van der Waals surface area contributed by atoms with Crippen molar-refractivity contribution >= 4 is 23.5 Å². The maximum atomic E-state index is 12.4. The number of anilines is 1. The Labute approximate surface area is 126 Å². The summed E-state index contributed by atoms with van der Waals surface area (Å²) in [5.74, 6) is -3.89. The second-order valence-electron chi connectivity index (χ2n) is 5.71. The lowest BCUT2D eigenvalue weighted by Gasteiger charge is -2.23. The van der Waals surface area contributed by atoms with Crippen LogP contribution in [-0.2, 0) is 9.59 Å². The number of aliphatic carboxylic acids is 1. The number of nitrogens with one attached hydrogen (secondary N) is 1. The Morgan fingerprint density at radius 3 is 2.36 bits per heavy atom. The Bertz CT molecular complexity index is 681. The molecule has 2 aliphatic rings. The molecule has 0 saturated heterocycles. The predicted octanol–water partition coefficient (Wildman–Crippen LogP) is 1.85. The highest BCUT2D eigenvalue weighted by Gasteiger charge is 2.51. The smallest absolute Gasteiger partial charge is 0.335 e. The van der Waals surface area contributed by atoms with Crippen molar-refractivity contribution in [1.29, 1.82) is 0 Å². The summed E-state index contributed by atoms with van der Waals surface area (Å²) in [4.78, 5) is 34.8. The largest absolute Gasteiger partial charge is 0.481 e. The SMILES string of the molecule is O=C(O)c1cccc(NC(=O)[C@H]2[C@H](C(=O)O)[C@@H]3C=C[C@@H]2C3)c1. The lowest BCUT2D eigenvalue weighted by atomic mass is 9.82. The van der Waals surface area contributed by atoms with E-state index in [1.807, 2.05) is 12.2 Å². The van der Waals surface area contributed by atoms with Crippen molar-refractivity contribution in [2.45, 2.75) is 6.42 Å². The molecule has 1 aromatic carbocycles. The topological polar surface area (TPSA) is 104 Å². The number of carbonyl (C=O) groups is 3. The summed E-state index contributed by atoms with van der Waals surface area (Å²) < 4.78 is 0. The van der Waals surface area contributed by atoms with Gasteiger partial charge in [0.15, 0.2) is 0 Å². The highest BCUT2D eigenvalue weighted by atomic mass is 16.4. The molecule has 3 rings (SSSR count). The van der Waals surface area contributed by atoms with Crippen molar-refractivity contribution in [3.63, 3.8) is 0 Å². The van der Waals surface area contributed by atoms with Gasteiger partial charge in [0.2, 0.25) is 5.91 Å². The van der Waals surface area contributed by atoms with Gasteiger partial charge in [-0.15, -0.1) is 0 Å². The van der Waals surface area contributed by atoms with Crippen LogP contribution in [0.3, 0.4) is 0 Å². The van der Waals surface area contributed by atoms with E-state index in [1.54, 1.807) is 6.07 Å². The molecule has 1 amide bonds. The van der Waals surface area contributed by atoms with Crippen LogP contribution in [0.2, 0.25) is 0 Å². The van der Waals surface area contributed by atoms with Gasteiger partial charge in [0.05, 0.1) is 17.4 Å².